The van der Waals surface area contributed by atoms with Crippen molar-refractivity contribution in [2.75, 3.05) is 19.6 Å². The van der Waals surface area contributed by atoms with Crippen molar-refractivity contribution in [1.29, 1.82) is 0 Å². The first-order valence-electron chi connectivity index (χ1n) is 6.81. The summed E-state index contributed by atoms with van der Waals surface area (Å²) >= 11 is 0. The number of likely N-dealkylation sites (tertiary alicyclic amines) is 1. The molecule has 0 saturated carbocycles. The van der Waals surface area contributed by atoms with Gasteiger partial charge in [0.1, 0.15) is 0 Å². The van der Waals surface area contributed by atoms with Crippen LogP contribution in [0.3, 0.4) is 0 Å². The van der Waals surface area contributed by atoms with Gasteiger partial charge in [0.05, 0.1) is 0 Å². The molecule has 1 unspecified atom stereocenters. The minimum Gasteiger partial charge on any atom is -0.330 e. The van der Waals surface area contributed by atoms with Crippen molar-refractivity contribution in [3.8, 4) is 0 Å². The quantitative estimate of drug-likeness (QED) is 0.865. The third-order valence-electron chi connectivity index (χ3n) is 3.78. The van der Waals surface area contributed by atoms with E-state index in [1.807, 2.05) is 0 Å². The van der Waals surface area contributed by atoms with E-state index in [0.29, 0.717) is 5.92 Å². The Morgan fingerprint density at radius 2 is 1.88 bits per heavy atom. The Kier molecular flexibility index (Phi) is 4.57. The second-order valence-corrected chi connectivity index (χ2v) is 5.17. The molecule has 1 saturated heterocycles. The Morgan fingerprint density at radius 1 is 1.18 bits per heavy atom. The highest BCUT2D eigenvalue weighted by Gasteiger charge is 2.14. The summed E-state index contributed by atoms with van der Waals surface area (Å²) in [4.78, 5) is 2.57. The molecule has 2 nitrogen and oxygen atoms in total. The smallest absolute Gasteiger partial charge is 0.0236 e. The molecule has 1 aromatic rings. The molecule has 0 amide bonds. The number of hydrogen-bond acceptors (Lipinski definition) is 2. The van der Waals surface area contributed by atoms with E-state index in [4.69, 9.17) is 5.73 Å². The second kappa shape index (κ2) is 6.18. The SMILES string of the molecule is CC(CN)c1ccccc1CN1CCCCC1. The molecule has 0 bridgehead atoms. The summed E-state index contributed by atoms with van der Waals surface area (Å²) in [5, 5.41) is 0. The zero-order chi connectivity index (χ0) is 12.1. The molecule has 1 aliphatic rings. The summed E-state index contributed by atoms with van der Waals surface area (Å²) in [5.74, 6) is 0.469. The summed E-state index contributed by atoms with van der Waals surface area (Å²) in [6, 6.07) is 8.76. The summed E-state index contributed by atoms with van der Waals surface area (Å²) < 4.78 is 0. The summed E-state index contributed by atoms with van der Waals surface area (Å²) in [5.41, 5.74) is 8.69. The average molecular weight is 232 g/mol. The van der Waals surface area contributed by atoms with Crippen molar-refractivity contribution >= 4 is 0 Å². The van der Waals surface area contributed by atoms with Gasteiger partial charge in [0.25, 0.3) is 0 Å². The molecule has 1 heterocycles. The van der Waals surface area contributed by atoms with E-state index in [9.17, 15) is 0 Å². The molecular weight excluding hydrogens is 208 g/mol. The maximum Gasteiger partial charge on any atom is 0.0236 e. The largest absolute Gasteiger partial charge is 0.330 e. The van der Waals surface area contributed by atoms with Crippen LogP contribution in [-0.2, 0) is 6.54 Å². The first-order chi connectivity index (χ1) is 8.31. The minimum atomic E-state index is 0.469. The van der Waals surface area contributed by atoms with Gasteiger partial charge in [0.2, 0.25) is 0 Å². The fraction of sp³-hybridized carbons (Fsp3) is 0.600. The highest BCUT2D eigenvalue weighted by atomic mass is 15.1. The van der Waals surface area contributed by atoms with Crippen molar-refractivity contribution in [3.05, 3.63) is 35.4 Å². The fourth-order valence-corrected chi connectivity index (χ4v) is 2.64. The molecule has 0 aliphatic carbocycles. The number of hydrogen-bond donors (Lipinski definition) is 1. The first kappa shape index (κ1) is 12.6. The normalized spacial score (nSPS) is 19.2. The predicted molar refractivity (Wildman–Crippen MR) is 73.0 cm³/mol. The number of nitrogens with two attached hydrogens (primary N) is 1. The monoisotopic (exact) mass is 232 g/mol. The molecule has 2 N–H and O–H groups in total. The molecule has 1 aromatic carbocycles. The van der Waals surface area contributed by atoms with E-state index < -0.39 is 0 Å². The van der Waals surface area contributed by atoms with E-state index in [1.165, 1.54) is 43.5 Å². The van der Waals surface area contributed by atoms with E-state index >= 15 is 0 Å². The van der Waals surface area contributed by atoms with Crippen LogP contribution < -0.4 is 5.73 Å². The van der Waals surface area contributed by atoms with Crippen molar-refractivity contribution in [2.45, 2.75) is 38.6 Å². The van der Waals surface area contributed by atoms with Crippen molar-refractivity contribution in [3.63, 3.8) is 0 Å². The van der Waals surface area contributed by atoms with Gasteiger partial charge in [-0.25, -0.2) is 0 Å². The van der Waals surface area contributed by atoms with Crippen LogP contribution in [0.1, 0.15) is 43.2 Å². The first-order valence-corrected chi connectivity index (χ1v) is 6.81. The Labute approximate surface area is 105 Å². The number of nitrogens with zero attached hydrogens (tertiary/aromatic N) is 1. The third-order valence-corrected chi connectivity index (χ3v) is 3.78. The molecular formula is C15H24N2. The molecule has 2 heteroatoms. The van der Waals surface area contributed by atoms with Crippen molar-refractivity contribution < 1.29 is 0 Å². The van der Waals surface area contributed by atoms with E-state index in [0.717, 1.165) is 13.1 Å². The van der Waals surface area contributed by atoms with Crippen LogP contribution in [0.25, 0.3) is 0 Å². The molecule has 0 radical (unpaired) electrons. The van der Waals surface area contributed by atoms with Crippen LogP contribution in [0.5, 0.6) is 0 Å². The second-order valence-electron chi connectivity index (χ2n) is 5.17. The Morgan fingerprint density at radius 3 is 2.59 bits per heavy atom. The van der Waals surface area contributed by atoms with E-state index in [-0.39, 0.29) is 0 Å². The van der Waals surface area contributed by atoms with Gasteiger partial charge in [-0.1, -0.05) is 37.6 Å². The lowest BCUT2D eigenvalue weighted by molar-refractivity contribution is 0.220. The van der Waals surface area contributed by atoms with Gasteiger partial charge >= 0.3 is 0 Å². The number of benzene rings is 1. The fourth-order valence-electron chi connectivity index (χ4n) is 2.64. The molecule has 1 aliphatic heterocycles. The summed E-state index contributed by atoms with van der Waals surface area (Å²) in [6.07, 6.45) is 4.11. The Bertz CT molecular complexity index is 343. The minimum absolute atomic E-state index is 0.469. The number of piperidine rings is 1. The van der Waals surface area contributed by atoms with Crippen LogP contribution in [0.2, 0.25) is 0 Å². The zero-order valence-corrected chi connectivity index (χ0v) is 10.9. The van der Waals surface area contributed by atoms with Crippen LogP contribution in [-0.4, -0.2) is 24.5 Å². The van der Waals surface area contributed by atoms with Crippen LogP contribution in [0, 0.1) is 0 Å². The van der Waals surface area contributed by atoms with Gasteiger partial charge in [0, 0.05) is 6.54 Å². The van der Waals surface area contributed by atoms with Crippen LogP contribution >= 0.6 is 0 Å². The average Bonchev–Trinajstić information content (AvgIpc) is 2.40. The molecule has 1 atom stereocenters. The Balaban J connectivity index is 2.08. The van der Waals surface area contributed by atoms with E-state index in [2.05, 4.69) is 36.1 Å². The maximum atomic E-state index is 5.79. The highest BCUT2D eigenvalue weighted by Crippen LogP contribution is 2.21. The molecule has 17 heavy (non-hydrogen) atoms. The van der Waals surface area contributed by atoms with Gasteiger partial charge in [-0.05, 0) is 49.5 Å². The predicted octanol–water partition coefficient (Wildman–Crippen LogP) is 2.73. The summed E-state index contributed by atoms with van der Waals surface area (Å²) in [6.45, 7) is 6.56. The summed E-state index contributed by atoms with van der Waals surface area (Å²) in [7, 11) is 0. The molecule has 0 spiro atoms. The zero-order valence-electron chi connectivity index (χ0n) is 10.9. The lowest BCUT2D eigenvalue weighted by Gasteiger charge is -2.28. The van der Waals surface area contributed by atoms with Gasteiger partial charge < -0.3 is 5.73 Å². The molecule has 2 rings (SSSR count). The molecule has 94 valence electrons. The van der Waals surface area contributed by atoms with Crippen molar-refractivity contribution in [1.82, 2.24) is 4.90 Å². The lowest BCUT2D eigenvalue weighted by atomic mass is 9.95. The molecule has 0 aromatic heterocycles. The highest BCUT2D eigenvalue weighted by molar-refractivity contribution is 5.30. The van der Waals surface area contributed by atoms with Crippen LogP contribution in [0.15, 0.2) is 24.3 Å². The van der Waals surface area contributed by atoms with E-state index in [1.54, 1.807) is 0 Å². The Hall–Kier alpha value is -0.860. The van der Waals surface area contributed by atoms with Crippen molar-refractivity contribution in [2.24, 2.45) is 5.73 Å². The third kappa shape index (κ3) is 3.30. The van der Waals surface area contributed by atoms with Gasteiger partial charge in [-0.15, -0.1) is 0 Å². The maximum absolute atomic E-state index is 5.79. The standard InChI is InChI=1S/C15H24N2/c1-13(11-16)15-8-4-3-7-14(15)12-17-9-5-2-6-10-17/h3-4,7-8,13H,2,5-6,9-12,16H2,1H3. The van der Waals surface area contributed by atoms with Gasteiger partial charge in [-0.3, -0.25) is 4.90 Å². The van der Waals surface area contributed by atoms with Crippen LogP contribution in [0.4, 0.5) is 0 Å². The van der Waals surface area contributed by atoms with Gasteiger partial charge in [-0.2, -0.15) is 0 Å². The number of rotatable bonds is 4. The lowest BCUT2D eigenvalue weighted by Crippen LogP contribution is -2.29. The van der Waals surface area contributed by atoms with Gasteiger partial charge in [0.15, 0.2) is 0 Å². The molecule has 1 fully saturated rings. The topological polar surface area (TPSA) is 29.3 Å².